The second-order valence-electron chi connectivity index (χ2n) is 5.75. The fourth-order valence-electron chi connectivity index (χ4n) is 2.25. The van der Waals surface area contributed by atoms with Gasteiger partial charge in [-0.25, -0.2) is 4.79 Å². The van der Waals surface area contributed by atoms with Crippen LogP contribution in [0.15, 0.2) is 16.9 Å². The summed E-state index contributed by atoms with van der Waals surface area (Å²) in [7, 11) is 0. The molecule has 1 aliphatic heterocycles. The molecule has 5 nitrogen and oxygen atoms in total. The fraction of sp³-hybridized carbons (Fsp3) is 0.571. The number of nitrogens with one attached hydrogen (secondary N) is 1. The summed E-state index contributed by atoms with van der Waals surface area (Å²) in [4.78, 5) is 23.2. The first kappa shape index (κ1) is 13.6. The number of fused-ring (bicyclic) bond motifs is 1. The third kappa shape index (κ3) is 3.36. The SMILES string of the molecule is CC(C)(C)OC(=O)NCc1ccc(=O)n2c1CCC2. The van der Waals surface area contributed by atoms with Crippen molar-refractivity contribution < 1.29 is 9.53 Å². The summed E-state index contributed by atoms with van der Waals surface area (Å²) in [5, 5.41) is 2.73. The van der Waals surface area contributed by atoms with Gasteiger partial charge in [0.05, 0.1) is 0 Å². The molecule has 0 bridgehead atoms. The number of aromatic nitrogens is 1. The van der Waals surface area contributed by atoms with Crippen LogP contribution in [0.2, 0.25) is 0 Å². The van der Waals surface area contributed by atoms with Crippen LogP contribution < -0.4 is 10.9 Å². The maximum absolute atomic E-state index is 11.6. The maximum Gasteiger partial charge on any atom is 0.407 e. The van der Waals surface area contributed by atoms with Crippen LogP contribution in [0.25, 0.3) is 0 Å². The van der Waals surface area contributed by atoms with Crippen LogP contribution in [0.1, 0.15) is 38.4 Å². The molecule has 2 heterocycles. The Morgan fingerprint density at radius 3 is 2.84 bits per heavy atom. The number of rotatable bonds is 2. The van der Waals surface area contributed by atoms with Crippen molar-refractivity contribution >= 4 is 6.09 Å². The van der Waals surface area contributed by atoms with Crippen molar-refractivity contribution in [1.29, 1.82) is 0 Å². The van der Waals surface area contributed by atoms with E-state index in [-0.39, 0.29) is 5.56 Å². The van der Waals surface area contributed by atoms with Crippen LogP contribution >= 0.6 is 0 Å². The normalized spacial score (nSPS) is 14.1. The molecule has 1 aromatic rings. The van der Waals surface area contributed by atoms with E-state index in [2.05, 4.69) is 5.32 Å². The molecule has 0 unspecified atom stereocenters. The lowest BCUT2D eigenvalue weighted by molar-refractivity contribution is 0.0523. The van der Waals surface area contributed by atoms with Gasteiger partial charge in [-0.1, -0.05) is 6.07 Å². The van der Waals surface area contributed by atoms with E-state index in [1.165, 1.54) is 0 Å². The lowest BCUT2D eigenvalue weighted by Crippen LogP contribution is -2.32. The van der Waals surface area contributed by atoms with Gasteiger partial charge in [-0.05, 0) is 39.2 Å². The smallest absolute Gasteiger partial charge is 0.407 e. The van der Waals surface area contributed by atoms with Gasteiger partial charge in [0, 0.05) is 24.8 Å². The zero-order valence-electron chi connectivity index (χ0n) is 11.7. The third-order valence-electron chi connectivity index (χ3n) is 3.01. The number of hydrogen-bond donors (Lipinski definition) is 1. The topological polar surface area (TPSA) is 60.3 Å². The Morgan fingerprint density at radius 2 is 2.16 bits per heavy atom. The molecule has 5 heteroatoms. The molecule has 0 fully saturated rings. The van der Waals surface area contributed by atoms with E-state index in [9.17, 15) is 9.59 Å². The van der Waals surface area contributed by atoms with Crippen molar-refractivity contribution in [3.8, 4) is 0 Å². The van der Waals surface area contributed by atoms with Gasteiger partial charge in [0.25, 0.3) is 5.56 Å². The molecular weight excluding hydrogens is 244 g/mol. The van der Waals surface area contributed by atoms with Crippen LogP contribution in [0.3, 0.4) is 0 Å². The van der Waals surface area contributed by atoms with Gasteiger partial charge >= 0.3 is 6.09 Å². The molecule has 0 atom stereocenters. The summed E-state index contributed by atoms with van der Waals surface area (Å²) in [5.41, 5.74) is 1.56. The summed E-state index contributed by atoms with van der Waals surface area (Å²) >= 11 is 0. The number of alkyl carbamates (subject to hydrolysis) is 1. The van der Waals surface area contributed by atoms with Gasteiger partial charge in [0.1, 0.15) is 5.60 Å². The van der Waals surface area contributed by atoms with Gasteiger partial charge in [-0.3, -0.25) is 4.79 Å². The second kappa shape index (κ2) is 5.07. The highest BCUT2D eigenvalue weighted by Crippen LogP contribution is 2.16. The van der Waals surface area contributed by atoms with Crippen LogP contribution in [0, 0.1) is 0 Å². The Hall–Kier alpha value is -1.78. The Bertz CT molecular complexity index is 541. The van der Waals surface area contributed by atoms with Gasteiger partial charge in [-0.15, -0.1) is 0 Å². The van der Waals surface area contributed by atoms with Crippen molar-refractivity contribution in [3.63, 3.8) is 0 Å². The molecule has 1 aliphatic rings. The summed E-state index contributed by atoms with van der Waals surface area (Å²) < 4.78 is 6.97. The van der Waals surface area contributed by atoms with Gasteiger partial charge in [0.2, 0.25) is 0 Å². The van der Waals surface area contributed by atoms with E-state index in [0.29, 0.717) is 6.54 Å². The predicted octanol–water partition coefficient (Wildman–Crippen LogP) is 1.82. The molecule has 0 radical (unpaired) electrons. The average Bonchev–Trinajstić information content (AvgIpc) is 2.75. The Labute approximate surface area is 112 Å². The first-order valence-electron chi connectivity index (χ1n) is 6.55. The first-order chi connectivity index (χ1) is 8.87. The first-order valence-corrected chi connectivity index (χ1v) is 6.55. The Kier molecular flexibility index (Phi) is 3.64. The van der Waals surface area contributed by atoms with Gasteiger partial charge < -0.3 is 14.6 Å². The summed E-state index contributed by atoms with van der Waals surface area (Å²) in [6.45, 7) is 6.64. The van der Waals surface area contributed by atoms with Gasteiger partial charge in [0.15, 0.2) is 0 Å². The lowest BCUT2D eigenvalue weighted by atomic mass is 10.1. The maximum atomic E-state index is 11.6. The zero-order chi connectivity index (χ0) is 14.0. The van der Waals surface area contributed by atoms with Crippen LogP contribution in [0.5, 0.6) is 0 Å². The molecule has 0 aliphatic carbocycles. The monoisotopic (exact) mass is 264 g/mol. The van der Waals surface area contributed by atoms with E-state index in [1.807, 2.05) is 20.8 Å². The van der Waals surface area contributed by atoms with Crippen molar-refractivity contribution in [2.45, 2.75) is 52.3 Å². The molecule has 0 aromatic carbocycles. The minimum atomic E-state index is -0.500. The lowest BCUT2D eigenvalue weighted by Gasteiger charge is -2.20. The molecule has 1 aromatic heterocycles. The average molecular weight is 264 g/mol. The number of hydrogen-bond acceptors (Lipinski definition) is 3. The molecule has 1 N–H and O–H groups in total. The number of pyridine rings is 1. The van der Waals surface area contributed by atoms with E-state index in [4.69, 9.17) is 4.74 Å². The quantitative estimate of drug-likeness (QED) is 0.886. The van der Waals surface area contributed by atoms with E-state index < -0.39 is 11.7 Å². The van der Waals surface area contributed by atoms with E-state index >= 15 is 0 Å². The zero-order valence-corrected chi connectivity index (χ0v) is 11.7. The van der Waals surface area contributed by atoms with E-state index in [1.54, 1.807) is 16.7 Å². The highest BCUT2D eigenvalue weighted by molar-refractivity contribution is 5.67. The number of carbonyl (C=O) groups is 1. The minimum Gasteiger partial charge on any atom is -0.444 e. The minimum absolute atomic E-state index is 0.0357. The van der Waals surface area contributed by atoms with E-state index in [0.717, 1.165) is 30.6 Å². The second-order valence-corrected chi connectivity index (χ2v) is 5.75. The standard InChI is InChI=1S/C14H20N2O3/c1-14(2,3)19-13(18)15-9-10-6-7-12(17)16-8-4-5-11(10)16/h6-7H,4-5,8-9H2,1-3H3,(H,15,18). The summed E-state index contributed by atoms with van der Waals surface area (Å²) in [6.07, 6.45) is 1.44. The molecule has 0 saturated heterocycles. The van der Waals surface area contributed by atoms with Crippen LogP contribution in [-0.4, -0.2) is 16.3 Å². The molecule has 0 spiro atoms. The number of amides is 1. The molecule has 2 rings (SSSR count). The molecule has 104 valence electrons. The number of ether oxygens (including phenoxy) is 1. The van der Waals surface area contributed by atoms with Crippen molar-refractivity contribution in [1.82, 2.24) is 9.88 Å². The summed E-state index contributed by atoms with van der Waals surface area (Å²) in [5.74, 6) is 0. The predicted molar refractivity (Wildman–Crippen MR) is 72.1 cm³/mol. The molecule has 0 saturated carbocycles. The Balaban J connectivity index is 2.03. The molecule has 19 heavy (non-hydrogen) atoms. The van der Waals surface area contributed by atoms with Crippen molar-refractivity contribution in [3.05, 3.63) is 33.7 Å². The fourth-order valence-corrected chi connectivity index (χ4v) is 2.25. The molecule has 1 amide bonds. The van der Waals surface area contributed by atoms with Gasteiger partial charge in [-0.2, -0.15) is 0 Å². The highest BCUT2D eigenvalue weighted by Gasteiger charge is 2.18. The third-order valence-corrected chi connectivity index (χ3v) is 3.01. The molecular formula is C14H20N2O3. The largest absolute Gasteiger partial charge is 0.444 e. The van der Waals surface area contributed by atoms with Crippen LogP contribution in [-0.2, 0) is 24.2 Å². The Morgan fingerprint density at radius 1 is 1.42 bits per heavy atom. The van der Waals surface area contributed by atoms with Crippen LogP contribution in [0.4, 0.5) is 4.79 Å². The highest BCUT2D eigenvalue weighted by atomic mass is 16.6. The number of nitrogens with zero attached hydrogens (tertiary/aromatic N) is 1. The summed E-state index contributed by atoms with van der Waals surface area (Å²) in [6, 6.07) is 3.35. The van der Waals surface area contributed by atoms with Crippen molar-refractivity contribution in [2.24, 2.45) is 0 Å². The van der Waals surface area contributed by atoms with Crippen molar-refractivity contribution in [2.75, 3.05) is 0 Å². The number of carbonyl (C=O) groups excluding carboxylic acids is 1.